The number of rotatable bonds is 27. The van der Waals surface area contributed by atoms with Gasteiger partial charge in [-0.3, -0.25) is 38.6 Å². The fourth-order valence-electron chi connectivity index (χ4n) is 6.14. The Morgan fingerprint density at radius 3 is 1.56 bits per heavy atom. The minimum absolute atomic E-state index is 0.0371. The molecule has 0 aliphatic carbocycles. The summed E-state index contributed by atoms with van der Waals surface area (Å²) >= 11 is 0. The molecule has 0 bridgehead atoms. The number of carboxylic acids is 1. The molecule has 17 N–H and O–H groups in total. The molecule has 2 rings (SSSR count). The van der Waals surface area contributed by atoms with Gasteiger partial charge in [-0.25, -0.2) is 4.79 Å². The summed E-state index contributed by atoms with van der Waals surface area (Å²) in [6.45, 7) is 6.04. The SMILES string of the molecule is CC(C)CC(NC(=O)C(Cc1ccccc1)NC(=O)C(CC(N)=O)NC(=O)C(CO)NC(=O)C(Cc1ccc(O)cc1)NC(=O)C(N)C(C)C)C(=O)NC(CCCN=C(N)N)C(=O)O. The number of carboxylic acid groups (broad SMARTS) is 1. The first kappa shape index (κ1) is 53.3. The van der Waals surface area contributed by atoms with Gasteiger partial charge in [0.1, 0.15) is 42.0 Å². The van der Waals surface area contributed by atoms with Crippen LogP contribution in [-0.4, -0.2) is 124 Å². The summed E-state index contributed by atoms with van der Waals surface area (Å²) < 4.78 is 0. The van der Waals surface area contributed by atoms with Crippen LogP contribution in [0.3, 0.4) is 0 Å². The lowest BCUT2D eigenvalue weighted by atomic mass is 10.00. The van der Waals surface area contributed by atoms with Crippen molar-refractivity contribution in [3.63, 3.8) is 0 Å². The summed E-state index contributed by atoms with van der Waals surface area (Å²) in [4.78, 5) is 110. The van der Waals surface area contributed by atoms with E-state index in [1.165, 1.54) is 24.3 Å². The van der Waals surface area contributed by atoms with Crippen molar-refractivity contribution >= 4 is 53.3 Å². The van der Waals surface area contributed by atoms with E-state index in [4.69, 9.17) is 22.9 Å². The standard InChI is InChI=1S/C42H63N11O11/c1-22(2)17-28(35(57)48-27(41(63)64)11-8-16-47-42(45)46)49-36(58)29(18-24-9-6-5-7-10-24)50-38(60)31(20-33(43)56)51-39(61)32(21-54)53-37(59)30(52-40(62)34(44)23(3)4)19-25-12-14-26(55)15-13-25/h5-7,9-10,12-15,22-23,27-32,34,54-55H,8,11,16-21,44H2,1-4H3,(H2,43,56)(H,48,57)(H,49,58)(H,50,60)(H,51,61)(H,52,62)(H,53,59)(H,63,64)(H4,45,46,47). The van der Waals surface area contributed by atoms with Gasteiger partial charge < -0.3 is 70.2 Å². The van der Waals surface area contributed by atoms with Crippen molar-refractivity contribution in [3.8, 4) is 5.75 Å². The number of carbonyl (C=O) groups excluding carboxylic acids is 7. The van der Waals surface area contributed by atoms with E-state index in [1.54, 1.807) is 58.0 Å². The molecule has 0 saturated carbocycles. The number of aliphatic hydroxyl groups is 1. The molecule has 7 amide bonds. The molecule has 22 heteroatoms. The zero-order valence-electron chi connectivity index (χ0n) is 36.4. The van der Waals surface area contributed by atoms with E-state index < -0.39 is 103 Å². The van der Waals surface area contributed by atoms with E-state index in [9.17, 15) is 53.7 Å². The predicted octanol–water partition coefficient (Wildman–Crippen LogP) is -2.88. The topological polar surface area (TPSA) is 386 Å². The number of phenols is 1. The average Bonchev–Trinajstić information content (AvgIpc) is 3.22. The van der Waals surface area contributed by atoms with Gasteiger partial charge in [-0.05, 0) is 54.4 Å². The first-order valence-electron chi connectivity index (χ1n) is 20.7. The van der Waals surface area contributed by atoms with Crippen LogP contribution in [0.25, 0.3) is 0 Å². The van der Waals surface area contributed by atoms with Gasteiger partial charge in [0.25, 0.3) is 0 Å². The number of phenolic OH excluding ortho intramolecular Hbond substituents is 1. The molecule has 352 valence electrons. The smallest absolute Gasteiger partial charge is 0.326 e. The number of aliphatic hydroxyl groups excluding tert-OH is 1. The van der Waals surface area contributed by atoms with Crippen LogP contribution in [0, 0.1) is 11.8 Å². The molecule has 0 saturated heterocycles. The maximum absolute atomic E-state index is 14.0. The van der Waals surface area contributed by atoms with E-state index in [-0.39, 0.29) is 62.2 Å². The number of aliphatic imine (C=N–C) groups is 1. The molecule has 0 heterocycles. The van der Waals surface area contributed by atoms with Crippen molar-refractivity contribution in [2.75, 3.05) is 13.2 Å². The van der Waals surface area contributed by atoms with E-state index in [0.717, 1.165) is 0 Å². The van der Waals surface area contributed by atoms with Crippen LogP contribution in [0.15, 0.2) is 59.6 Å². The second-order valence-corrected chi connectivity index (χ2v) is 16.0. The maximum Gasteiger partial charge on any atom is 0.326 e. The number of aliphatic carboxylic acids is 1. The first-order valence-corrected chi connectivity index (χ1v) is 20.7. The lowest BCUT2D eigenvalue weighted by Crippen LogP contribution is -2.61. The summed E-state index contributed by atoms with van der Waals surface area (Å²) in [5.74, 6) is -8.63. The molecule has 0 aliphatic heterocycles. The maximum atomic E-state index is 14.0. The summed E-state index contributed by atoms with van der Waals surface area (Å²) in [5.41, 5.74) is 23.2. The second-order valence-electron chi connectivity index (χ2n) is 16.0. The zero-order valence-corrected chi connectivity index (χ0v) is 36.4. The van der Waals surface area contributed by atoms with Gasteiger partial charge in [0.2, 0.25) is 41.4 Å². The van der Waals surface area contributed by atoms with Crippen LogP contribution < -0.4 is 54.8 Å². The van der Waals surface area contributed by atoms with Gasteiger partial charge >= 0.3 is 5.97 Å². The van der Waals surface area contributed by atoms with Crippen LogP contribution in [0.5, 0.6) is 5.75 Å². The van der Waals surface area contributed by atoms with Crippen molar-refractivity contribution in [2.45, 2.75) is 109 Å². The Hall–Kier alpha value is -6.81. The van der Waals surface area contributed by atoms with Gasteiger partial charge in [-0.15, -0.1) is 0 Å². The molecule has 2 aromatic rings. The van der Waals surface area contributed by atoms with Crippen molar-refractivity contribution in [2.24, 2.45) is 39.8 Å². The normalized spacial score (nSPS) is 14.3. The number of benzene rings is 2. The number of primary amides is 1. The molecule has 7 atom stereocenters. The third kappa shape index (κ3) is 19.1. The molecule has 0 fully saturated rings. The molecule has 22 nitrogen and oxygen atoms in total. The van der Waals surface area contributed by atoms with Crippen molar-refractivity contribution in [1.82, 2.24) is 31.9 Å². The Labute approximate surface area is 371 Å². The third-order valence-corrected chi connectivity index (χ3v) is 9.70. The minimum atomic E-state index is -1.76. The summed E-state index contributed by atoms with van der Waals surface area (Å²) in [6.07, 6.45) is -0.844. The van der Waals surface area contributed by atoms with Crippen LogP contribution in [0.2, 0.25) is 0 Å². The van der Waals surface area contributed by atoms with Crippen molar-refractivity contribution in [1.29, 1.82) is 0 Å². The highest BCUT2D eigenvalue weighted by atomic mass is 16.4. The second kappa shape index (κ2) is 26.6. The van der Waals surface area contributed by atoms with Gasteiger partial charge in [0.05, 0.1) is 19.1 Å². The largest absolute Gasteiger partial charge is 0.508 e. The number of nitrogens with zero attached hydrogens (tertiary/aromatic N) is 1. The minimum Gasteiger partial charge on any atom is -0.508 e. The summed E-state index contributed by atoms with van der Waals surface area (Å²) in [5, 5.41) is 44.4. The van der Waals surface area contributed by atoms with Crippen LogP contribution >= 0.6 is 0 Å². The number of hydrogen-bond acceptors (Lipinski definition) is 12. The van der Waals surface area contributed by atoms with Crippen LogP contribution in [-0.2, 0) is 51.2 Å². The van der Waals surface area contributed by atoms with Gasteiger partial charge in [-0.2, -0.15) is 0 Å². The molecule has 0 spiro atoms. The third-order valence-electron chi connectivity index (χ3n) is 9.70. The lowest BCUT2D eigenvalue weighted by molar-refractivity contribution is -0.142. The first-order chi connectivity index (χ1) is 30.1. The van der Waals surface area contributed by atoms with E-state index in [1.807, 2.05) is 0 Å². The molecular weight excluding hydrogens is 835 g/mol. The highest BCUT2D eigenvalue weighted by Gasteiger charge is 2.35. The molecule has 64 heavy (non-hydrogen) atoms. The Bertz CT molecular complexity index is 1930. The number of hydrogen-bond donors (Lipinski definition) is 13. The Kier molecular flexibility index (Phi) is 22.2. The van der Waals surface area contributed by atoms with Crippen molar-refractivity contribution < 1.29 is 53.7 Å². The fourth-order valence-corrected chi connectivity index (χ4v) is 6.14. The molecule has 0 radical (unpaired) electrons. The van der Waals surface area contributed by atoms with Crippen LogP contribution in [0.4, 0.5) is 0 Å². The number of carbonyl (C=O) groups is 8. The van der Waals surface area contributed by atoms with Crippen molar-refractivity contribution in [3.05, 3.63) is 65.7 Å². The van der Waals surface area contributed by atoms with Gasteiger partial charge in [0, 0.05) is 19.4 Å². The predicted molar refractivity (Wildman–Crippen MR) is 234 cm³/mol. The van der Waals surface area contributed by atoms with E-state index in [0.29, 0.717) is 11.1 Å². The monoisotopic (exact) mass is 897 g/mol. The average molecular weight is 898 g/mol. The highest BCUT2D eigenvalue weighted by Crippen LogP contribution is 2.13. The fraction of sp³-hybridized carbons (Fsp3) is 0.500. The number of aromatic hydroxyl groups is 1. The Morgan fingerprint density at radius 2 is 1.06 bits per heavy atom. The highest BCUT2D eigenvalue weighted by molar-refractivity contribution is 5.98. The summed E-state index contributed by atoms with van der Waals surface area (Å²) in [7, 11) is 0. The molecule has 0 aromatic heterocycles. The quantitative estimate of drug-likeness (QED) is 0.0244. The Balaban J connectivity index is 2.36. The molecule has 2 aromatic carbocycles. The lowest BCUT2D eigenvalue weighted by Gasteiger charge is -2.27. The summed E-state index contributed by atoms with van der Waals surface area (Å²) in [6, 6.07) is 4.23. The van der Waals surface area contributed by atoms with E-state index >= 15 is 0 Å². The number of nitrogens with two attached hydrogens (primary N) is 4. The van der Waals surface area contributed by atoms with E-state index in [2.05, 4.69) is 36.9 Å². The number of guanidine groups is 1. The van der Waals surface area contributed by atoms with Gasteiger partial charge in [-0.1, -0.05) is 70.2 Å². The Morgan fingerprint density at radius 1 is 0.609 bits per heavy atom. The number of amides is 7. The van der Waals surface area contributed by atoms with Crippen LogP contribution in [0.1, 0.15) is 64.5 Å². The number of nitrogens with one attached hydrogen (secondary N) is 6. The molecule has 7 unspecified atom stereocenters. The molecule has 0 aliphatic rings. The van der Waals surface area contributed by atoms with Gasteiger partial charge in [0.15, 0.2) is 5.96 Å². The molecular formula is C42H63N11O11. The zero-order chi connectivity index (χ0) is 48.1.